The molecule has 1 atom stereocenters. The molecule has 2 aromatic carbocycles. The molecule has 0 aromatic heterocycles. The molecule has 0 aliphatic carbocycles. The van der Waals surface area contributed by atoms with Crippen LogP contribution < -0.4 is 5.32 Å². The smallest absolute Gasteiger partial charge is 0.0557 e. The molecule has 92 valence electrons. The van der Waals surface area contributed by atoms with Crippen LogP contribution >= 0.6 is 0 Å². The van der Waals surface area contributed by atoms with Gasteiger partial charge in [-0.3, -0.25) is 0 Å². The summed E-state index contributed by atoms with van der Waals surface area (Å²) in [4.78, 5) is 0. The SMILES string of the molecule is Cc1cc(C)c2c(c1)CC(c1ccccc1C)N2. The first kappa shape index (κ1) is 11.3. The molecule has 2 aromatic rings. The highest BCUT2D eigenvalue weighted by Gasteiger charge is 2.24. The first-order valence-electron chi connectivity index (χ1n) is 6.57. The average Bonchev–Trinajstić information content (AvgIpc) is 2.73. The molecule has 18 heavy (non-hydrogen) atoms. The standard InChI is InChI=1S/C17H19N/c1-11-8-13(3)17-14(9-11)10-16(18-17)15-7-5-4-6-12(15)2/h4-9,16,18H,10H2,1-3H3. The summed E-state index contributed by atoms with van der Waals surface area (Å²) in [7, 11) is 0. The van der Waals surface area contributed by atoms with E-state index in [9.17, 15) is 0 Å². The van der Waals surface area contributed by atoms with Crippen LogP contribution in [0.15, 0.2) is 36.4 Å². The number of rotatable bonds is 1. The summed E-state index contributed by atoms with van der Waals surface area (Å²) in [6.45, 7) is 6.56. The van der Waals surface area contributed by atoms with E-state index in [1.807, 2.05) is 0 Å². The van der Waals surface area contributed by atoms with E-state index in [0.717, 1.165) is 6.42 Å². The molecule has 1 nitrogen and oxygen atoms in total. The predicted octanol–water partition coefficient (Wildman–Crippen LogP) is 4.32. The zero-order valence-electron chi connectivity index (χ0n) is 11.2. The lowest BCUT2D eigenvalue weighted by molar-refractivity contribution is 0.816. The van der Waals surface area contributed by atoms with Crippen LogP contribution in [0.1, 0.15) is 33.9 Å². The van der Waals surface area contributed by atoms with Gasteiger partial charge in [0.1, 0.15) is 0 Å². The number of benzene rings is 2. The number of nitrogens with one attached hydrogen (secondary N) is 1. The van der Waals surface area contributed by atoms with Crippen LogP contribution in [-0.4, -0.2) is 0 Å². The minimum absolute atomic E-state index is 0.432. The fourth-order valence-corrected chi connectivity index (χ4v) is 3.03. The van der Waals surface area contributed by atoms with Crippen molar-refractivity contribution in [2.75, 3.05) is 5.32 Å². The molecule has 0 fully saturated rings. The Kier molecular flexibility index (Phi) is 2.62. The zero-order valence-corrected chi connectivity index (χ0v) is 11.2. The maximum atomic E-state index is 3.69. The van der Waals surface area contributed by atoms with Gasteiger partial charge in [0.05, 0.1) is 6.04 Å². The fourth-order valence-electron chi connectivity index (χ4n) is 3.03. The highest BCUT2D eigenvalue weighted by atomic mass is 15.0. The topological polar surface area (TPSA) is 12.0 Å². The molecule has 0 bridgehead atoms. The Hall–Kier alpha value is -1.76. The maximum absolute atomic E-state index is 3.69. The van der Waals surface area contributed by atoms with E-state index in [1.54, 1.807) is 0 Å². The molecular weight excluding hydrogens is 218 g/mol. The molecule has 1 N–H and O–H groups in total. The van der Waals surface area contributed by atoms with Crippen molar-refractivity contribution in [3.8, 4) is 0 Å². The van der Waals surface area contributed by atoms with Crippen molar-refractivity contribution in [3.05, 3.63) is 64.2 Å². The summed E-state index contributed by atoms with van der Waals surface area (Å²) < 4.78 is 0. The minimum Gasteiger partial charge on any atom is -0.377 e. The molecule has 1 unspecified atom stereocenters. The summed E-state index contributed by atoms with van der Waals surface area (Å²) in [6, 6.07) is 13.7. The van der Waals surface area contributed by atoms with Gasteiger partial charge in [-0.2, -0.15) is 0 Å². The Morgan fingerprint density at radius 3 is 2.56 bits per heavy atom. The monoisotopic (exact) mass is 237 g/mol. The largest absolute Gasteiger partial charge is 0.377 e. The number of anilines is 1. The molecule has 0 spiro atoms. The second-order valence-electron chi connectivity index (χ2n) is 5.37. The van der Waals surface area contributed by atoms with E-state index < -0.39 is 0 Å². The first-order valence-corrected chi connectivity index (χ1v) is 6.57. The van der Waals surface area contributed by atoms with Crippen LogP contribution in [0.3, 0.4) is 0 Å². The number of aryl methyl sites for hydroxylation is 3. The molecule has 3 rings (SSSR count). The van der Waals surface area contributed by atoms with Crippen molar-refractivity contribution < 1.29 is 0 Å². The predicted molar refractivity (Wildman–Crippen MR) is 77.2 cm³/mol. The van der Waals surface area contributed by atoms with Crippen molar-refractivity contribution >= 4 is 5.69 Å². The van der Waals surface area contributed by atoms with Crippen LogP contribution in [0.5, 0.6) is 0 Å². The van der Waals surface area contributed by atoms with Crippen LogP contribution in [0.4, 0.5) is 5.69 Å². The van der Waals surface area contributed by atoms with Gasteiger partial charge < -0.3 is 5.32 Å². The second-order valence-corrected chi connectivity index (χ2v) is 5.37. The van der Waals surface area contributed by atoms with Crippen LogP contribution in [0.25, 0.3) is 0 Å². The van der Waals surface area contributed by atoms with Crippen LogP contribution in [0, 0.1) is 20.8 Å². The molecule has 1 heteroatoms. The van der Waals surface area contributed by atoms with Gasteiger partial charge in [-0.15, -0.1) is 0 Å². The van der Waals surface area contributed by atoms with Crippen LogP contribution in [-0.2, 0) is 6.42 Å². The second kappa shape index (κ2) is 4.16. The molecule has 1 aliphatic rings. The quantitative estimate of drug-likeness (QED) is 0.778. The van der Waals surface area contributed by atoms with Gasteiger partial charge in [-0.05, 0) is 49.4 Å². The molecule has 0 saturated heterocycles. The molecule has 0 saturated carbocycles. The number of hydrogen-bond donors (Lipinski definition) is 1. The zero-order chi connectivity index (χ0) is 12.7. The maximum Gasteiger partial charge on any atom is 0.0557 e. The third kappa shape index (κ3) is 1.80. The van der Waals surface area contributed by atoms with Gasteiger partial charge in [0.25, 0.3) is 0 Å². The van der Waals surface area contributed by atoms with E-state index in [1.165, 1.54) is 33.5 Å². The summed E-state index contributed by atoms with van der Waals surface area (Å²) in [6.07, 6.45) is 1.10. The lowest BCUT2D eigenvalue weighted by atomic mass is 9.98. The molecule has 0 radical (unpaired) electrons. The van der Waals surface area contributed by atoms with Gasteiger partial charge >= 0.3 is 0 Å². The Morgan fingerprint density at radius 1 is 1.00 bits per heavy atom. The van der Waals surface area contributed by atoms with E-state index >= 15 is 0 Å². The van der Waals surface area contributed by atoms with Gasteiger partial charge in [-0.25, -0.2) is 0 Å². The van der Waals surface area contributed by atoms with Gasteiger partial charge in [0.2, 0.25) is 0 Å². The van der Waals surface area contributed by atoms with Gasteiger partial charge in [0, 0.05) is 5.69 Å². The normalized spacial score (nSPS) is 17.4. The van der Waals surface area contributed by atoms with Crippen molar-refractivity contribution in [3.63, 3.8) is 0 Å². The Balaban J connectivity index is 1.99. The molecule has 1 aliphatic heterocycles. The number of hydrogen-bond acceptors (Lipinski definition) is 1. The fraction of sp³-hybridized carbons (Fsp3) is 0.294. The molecule has 1 heterocycles. The van der Waals surface area contributed by atoms with Gasteiger partial charge in [-0.1, -0.05) is 42.0 Å². The van der Waals surface area contributed by atoms with Crippen LogP contribution in [0.2, 0.25) is 0 Å². The Bertz CT molecular complexity index is 599. The summed E-state index contributed by atoms with van der Waals surface area (Å²) >= 11 is 0. The first-order chi connectivity index (χ1) is 8.65. The molecular formula is C17H19N. The summed E-state index contributed by atoms with van der Waals surface area (Å²) in [5, 5.41) is 3.69. The van der Waals surface area contributed by atoms with Crippen molar-refractivity contribution in [2.45, 2.75) is 33.2 Å². The van der Waals surface area contributed by atoms with E-state index in [-0.39, 0.29) is 0 Å². The van der Waals surface area contributed by atoms with E-state index in [4.69, 9.17) is 0 Å². The minimum atomic E-state index is 0.432. The molecule has 0 amide bonds. The Morgan fingerprint density at radius 2 is 1.78 bits per heavy atom. The average molecular weight is 237 g/mol. The van der Waals surface area contributed by atoms with Crippen molar-refractivity contribution in [2.24, 2.45) is 0 Å². The lowest BCUT2D eigenvalue weighted by Gasteiger charge is -2.15. The highest BCUT2D eigenvalue weighted by molar-refractivity contribution is 5.64. The van der Waals surface area contributed by atoms with Crippen molar-refractivity contribution in [1.82, 2.24) is 0 Å². The number of fused-ring (bicyclic) bond motifs is 1. The highest BCUT2D eigenvalue weighted by Crippen LogP contribution is 2.37. The van der Waals surface area contributed by atoms with E-state index in [0.29, 0.717) is 6.04 Å². The third-order valence-electron chi connectivity index (χ3n) is 3.87. The summed E-state index contributed by atoms with van der Waals surface area (Å²) in [5.74, 6) is 0. The van der Waals surface area contributed by atoms with Crippen molar-refractivity contribution in [1.29, 1.82) is 0 Å². The van der Waals surface area contributed by atoms with Gasteiger partial charge in [0.15, 0.2) is 0 Å². The van der Waals surface area contributed by atoms with E-state index in [2.05, 4.69) is 62.5 Å². The Labute approximate surface area is 109 Å². The third-order valence-corrected chi connectivity index (χ3v) is 3.87. The lowest BCUT2D eigenvalue weighted by Crippen LogP contribution is -2.07. The summed E-state index contributed by atoms with van der Waals surface area (Å²) in [5.41, 5.74) is 8.32.